The lowest BCUT2D eigenvalue weighted by Crippen LogP contribution is -2.52. The number of ether oxygens (including phenoxy) is 1. The van der Waals surface area contributed by atoms with Crippen molar-refractivity contribution >= 4 is 23.3 Å². The molecule has 0 aromatic heterocycles. The Bertz CT molecular complexity index is 676. The maximum atomic E-state index is 14.2. The average Bonchev–Trinajstić information content (AvgIpc) is 2.61. The molecular formula is C16H18ClF3N2O2. The summed E-state index contributed by atoms with van der Waals surface area (Å²) in [5.41, 5.74) is -2.90. The highest BCUT2D eigenvalue weighted by atomic mass is 35.5. The van der Waals surface area contributed by atoms with Crippen molar-refractivity contribution < 1.29 is 22.7 Å². The first-order valence-electron chi connectivity index (χ1n) is 7.37. The Morgan fingerprint density at radius 1 is 1.50 bits per heavy atom. The van der Waals surface area contributed by atoms with Gasteiger partial charge in [0.1, 0.15) is 0 Å². The SMILES string of the molecule is CC=C(CC)O[C@@]1(C(F)(F)F)CN(C)C(=O)Nc2ccc(Cl)cc21. The number of nitrogens with one attached hydrogen (secondary N) is 1. The van der Waals surface area contributed by atoms with Crippen LogP contribution in [0.4, 0.5) is 23.7 Å². The third-order valence-corrected chi connectivity index (χ3v) is 4.13. The molecule has 1 atom stereocenters. The number of urea groups is 1. The molecule has 0 fully saturated rings. The minimum absolute atomic E-state index is 0.0256. The van der Waals surface area contributed by atoms with Gasteiger partial charge < -0.3 is 15.0 Å². The molecule has 2 amide bonds. The number of halogens is 4. The summed E-state index contributed by atoms with van der Waals surface area (Å²) in [5.74, 6) is 0.181. The van der Waals surface area contributed by atoms with Gasteiger partial charge in [0.2, 0.25) is 5.60 Å². The van der Waals surface area contributed by atoms with E-state index in [-0.39, 0.29) is 28.5 Å². The molecule has 0 bridgehead atoms. The minimum atomic E-state index is -4.77. The lowest BCUT2D eigenvalue weighted by atomic mass is 9.90. The van der Waals surface area contributed by atoms with Gasteiger partial charge in [-0.05, 0) is 31.2 Å². The molecule has 2 rings (SSSR count). The molecule has 24 heavy (non-hydrogen) atoms. The zero-order valence-corrected chi connectivity index (χ0v) is 14.3. The van der Waals surface area contributed by atoms with Gasteiger partial charge in [-0.1, -0.05) is 18.5 Å². The van der Waals surface area contributed by atoms with Gasteiger partial charge in [0.25, 0.3) is 0 Å². The topological polar surface area (TPSA) is 41.6 Å². The van der Waals surface area contributed by atoms with Gasteiger partial charge in [0.15, 0.2) is 0 Å². The van der Waals surface area contributed by atoms with E-state index in [0.717, 1.165) is 4.90 Å². The Morgan fingerprint density at radius 2 is 2.17 bits per heavy atom. The maximum absolute atomic E-state index is 14.2. The molecular weight excluding hydrogens is 345 g/mol. The van der Waals surface area contributed by atoms with Gasteiger partial charge in [-0.25, -0.2) is 4.79 Å². The molecule has 1 N–H and O–H groups in total. The standard InChI is InChI=1S/C16H18ClF3N2O2/c1-4-11(5-2)24-15(16(18,19)20)9-22(3)14(23)21-13-7-6-10(17)8-12(13)15/h4,6-8H,5,9H2,1-3H3,(H,21,23)/t15-/m0/s1. The summed E-state index contributed by atoms with van der Waals surface area (Å²) in [5, 5.41) is 2.59. The highest BCUT2D eigenvalue weighted by Crippen LogP contribution is 2.48. The summed E-state index contributed by atoms with van der Waals surface area (Å²) in [7, 11) is 1.29. The molecule has 4 nitrogen and oxygen atoms in total. The average molecular weight is 363 g/mol. The van der Waals surface area contributed by atoms with Crippen LogP contribution in [0.2, 0.25) is 5.02 Å². The summed E-state index contributed by atoms with van der Waals surface area (Å²) in [6, 6.07) is 3.31. The van der Waals surface area contributed by atoms with E-state index < -0.39 is 24.4 Å². The van der Waals surface area contributed by atoms with E-state index in [4.69, 9.17) is 16.3 Å². The molecule has 8 heteroatoms. The van der Waals surface area contributed by atoms with Crippen molar-refractivity contribution in [3.63, 3.8) is 0 Å². The number of hydrogen-bond donors (Lipinski definition) is 1. The predicted octanol–water partition coefficient (Wildman–Crippen LogP) is 4.91. The van der Waals surface area contributed by atoms with Gasteiger partial charge in [0.05, 0.1) is 18.0 Å². The molecule has 0 saturated carbocycles. The van der Waals surface area contributed by atoms with E-state index >= 15 is 0 Å². The van der Waals surface area contributed by atoms with Crippen molar-refractivity contribution in [1.29, 1.82) is 0 Å². The van der Waals surface area contributed by atoms with Crippen LogP contribution in [0.1, 0.15) is 25.8 Å². The minimum Gasteiger partial charge on any atom is -0.476 e. The first kappa shape index (κ1) is 18.4. The van der Waals surface area contributed by atoms with Crippen molar-refractivity contribution in [2.24, 2.45) is 0 Å². The van der Waals surface area contributed by atoms with E-state index in [1.165, 1.54) is 31.3 Å². The fourth-order valence-corrected chi connectivity index (χ4v) is 2.78. The number of fused-ring (bicyclic) bond motifs is 1. The van der Waals surface area contributed by atoms with Gasteiger partial charge >= 0.3 is 12.2 Å². The van der Waals surface area contributed by atoms with E-state index in [1.807, 2.05) is 0 Å². The Labute approximate surface area is 143 Å². The Kier molecular flexibility index (Phi) is 5.03. The van der Waals surface area contributed by atoms with Crippen LogP contribution in [0.15, 0.2) is 30.0 Å². The van der Waals surface area contributed by atoms with E-state index in [0.29, 0.717) is 0 Å². The number of nitrogens with zero attached hydrogens (tertiary/aromatic N) is 1. The van der Waals surface area contributed by atoms with E-state index in [2.05, 4.69) is 5.32 Å². The molecule has 132 valence electrons. The third-order valence-electron chi connectivity index (χ3n) is 3.90. The number of carbonyl (C=O) groups excluding carboxylic acids is 1. The summed E-state index contributed by atoms with van der Waals surface area (Å²) in [6.45, 7) is 2.61. The van der Waals surface area contributed by atoms with Crippen LogP contribution in [-0.4, -0.2) is 30.7 Å². The summed E-state index contributed by atoms with van der Waals surface area (Å²) in [6.07, 6.45) is -3.00. The molecule has 0 unspecified atom stereocenters. The Morgan fingerprint density at radius 3 is 2.71 bits per heavy atom. The number of hydrogen-bond acceptors (Lipinski definition) is 2. The molecule has 0 saturated heterocycles. The summed E-state index contributed by atoms with van der Waals surface area (Å²) >= 11 is 5.92. The molecule has 1 aromatic rings. The lowest BCUT2D eigenvalue weighted by Gasteiger charge is -2.38. The normalized spacial score (nSPS) is 21.9. The van der Waals surface area contributed by atoms with Crippen LogP contribution in [0.25, 0.3) is 0 Å². The number of amides is 2. The van der Waals surface area contributed by atoms with Gasteiger partial charge in [0, 0.05) is 24.1 Å². The fourth-order valence-electron chi connectivity index (χ4n) is 2.61. The molecule has 0 spiro atoms. The second-order valence-electron chi connectivity index (χ2n) is 5.51. The van der Waals surface area contributed by atoms with Crippen molar-refractivity contribution in [2.75, 3.05) is 18.9 Å². The van der Waals surface area contributed by atoms with Crippen molar-refractivity contribution in [2.45, 2.75) is 32.0 Å². The van der Waals surface area contributed by atoms with Crippen LogP contribution in [0.3, 0.4) is 0 Å². The van der Waals surface area contributed by atoms with Crippen LogP contribution in [0.5, 0.6) is 0 Å². The zero-order valence-electron chi connectivity index (χ0n) is 13.5. The van der Waals surface area contributed by atoms with E-state index in [9.17, 15) is 18.0 Å². The van der Waals surface area contributed by atoms with Gasteiger partial charge in [-0.15, -0.1) is 0 Å². The molecule has 1 aliphatic rings. The smallest absolute Gasteiger partial charge is 0.434 e. The van der Waals surface area contributed by atoms with Crippen LogP contribution in [0, 0.1) is 0 Å². The van der Waals surface area contributed by atoms with Crippen molar-refractivity contribution in [1.82, 2.24) is 4.90 Å². The zero-order chi connectivity index (χ0) is 18.1. The van der Waals surface area contributed by atoms with Gasteiger partial charge in [-0.3, -0.25) is 0 Å². The van der Waals surface area contributed by atoms with E-state index in [1.54, 1.807) is 13.8 Å². The predicted molar refractivity (Wildman–Crippen MR) is 86.0 cm³/mol. The number of likely N-dealkylation sites (N-methyl/N-ethyl adjacent to an activating group) is 1. The largest absolute Gasteiger partial charge is 0.476 e. The first-order chi connectivity index (χ1) is 11.1. The van der Waals surface area contributed by atoms with Crippen LogP contribution < -0.4 is 5.32 Å². The highest BCUT2D eigenvalue weighted by molar-refractivity contribution is 6.30. The number of allylic oxidation sites excluding steroid dienone is 2. The van der Waals surface area contributed by atoms with Gasteiger partial charge in [-0.2, -0.15) is 13.2 Å². The molecule has 1 aromatic carbocycles. The number of carbonyl (C=O) groups is 1. The first-order valence-corrected chi connectivity index (χ1v) is 7.75. The number of anilines is 1. The van der Waals surface area contributed by atoms with Crippen molar-refractivity contribution in [3.05, 3.63) is 40.6 Å². The number of alkyl halides is 3. The number of rotatable bonds is 3. The molecule has 0 aliphatic carbocycles. The summed E-state index contributed by atoms with van der Waals surface area (Å²) in [4.78, 5) is 13.0. The molecule has 0 radical (unpaired) electrons. The molecule has 1 heterocycles. The third kappa shape index (κ3) is 3.17. The lowest BCUT2D eigenvalue weighted by molar-refractivity contribution is -0.275. The quantitative estimate of drug-likeness (QED) is 0.776. The second kappa shape index (κ2) is 6.55. The highest BCUT2D eigenvalue weighted by Gasteiger charge is 2.61. The Hall–Kier alpha value is -1.89. The Balaban J connectivity index is 2.75. The fraction of sp³-hybridized carbons (Fsp3) is 0.438. The van der Waals surface area contributed by atoms with Crippen LogP contribution in [-0.2, 0) is 10.3 Å². The van der Waals surface area contributed by atoms with Crippen molar-refractivity contribution in [3.8, 4) is 0 Å². The monoisotopic (exact) mass is 362 g/mol. The molecule has 1 aliphatic heterocycles. The number of benzene rings is 1. The maximum Gasteiger partial charge on any atom is 0.434 e. The van der Waals surface area contributed by atoms with Crippen LogP contribution >= 0.6 is 11.6 Å². The summed E-state index contributed by atoms with van der Waals surface area (Å²) < 4.78 is 47.9. The second-order valence-corrected chi connectivity index (χ2v) is 5.95.